The van der Waals surface area contributed by atoms with Crippen molar-refractivity contribution in [2.45, 2.75) is 13.8 Å². The Morgan fingerprint density at radius 3 is 1.94 bits per heavy atom. The van der Waals surface area contributed by atoms with Crippen LogP contribution < -0.4 is 5.30 Å². The van der Waals surface area contributed by atoms with E-state index in [-0.39, 0.29) is 18.5 Å². The van der Waals surface area contributed by atoms with Gasteiger partial charge in [0, 0.05) is 5.56 Å². The molecule has 1 aromatic carbocycles. The molecule has 0 radical (unpaired) electrons. The fourth-order valence-corrected chi connectivity index (χ4v) is 2.28. The summed E-state index contributed by atoms with van der Waals surface area (Å²) in [7, 11) is -3.70. The quantitative estimate of drug-likeness (QED) is 0.313. The van der Waals surface area contributed by atoms with Gasteiger partial charge in [0.05, 0.1) is 18.5 Å². The minimum absolute atomic E-state index is 0.214. The number of carbonyl (C=O) groups excluding carboxylic acids is 1. The molecule has 1 aromatic rings. The van der Waals surface area contributed by atoms with Crippen molar-refractivity contribution in [1.29, 1.82) is 0 Å². The minimum atomic E-state index is -3.70. The molecule has 100 valence electrons. The number of aldehydes is 1. The van der Waals surface area contributed by atoms with Crippen molar-refractivity contribution in [3.63, 3.8) is 0 Å². The van der Waals surface area contributed by atoms with E-state index in [0.29, 0.717) is 11.8 Å². The Labute approximate surface area is 105 Å². The maximum Gasteiger partial charge on any atom is 0.414 e. The van der Waals surface area contributed by atoms with Gasteiger partial charge in [0.1, 0.15) is 6.29 Å². The highest BCUT2D eigenvalue weighted by Crippen LogP contribution is 2.47. The molecule has 0 unspecified atom stereocenters. The molecule has 0 N–H and O–H groups in total. The minimum Gasteiger partial charge on any atom is -0.298 e. The summed E-state index contributed by atoms with van der Waals surface area (Å²) < 4.78 is 21.9. The summed E-state index contributed by atoms with van der Waals surface area (Å²) in [6.07, 6.45) is 0.682. The molecule has 0 aliphatic carbocycles. The number of rotatable bonds is 8. The van der Waals surface area contributed by atoms with Crippen LogP contribution in [0, 0.1) is 0 Å². The zero-order chi connectivity index (χ0) is 13.4. The summed E-state index contributed by atoms with van der Waals surface area (Å²) in [5, 5.41) is 0.245. The number of hydrogen-bond acceptors (Lipinski definition) is 6. The largest absolute Gasteiger partial charge is 0.414 e. The summed E-state index contributed by atoms with van der Waals surface area (Å²) in [5.74, 6) is 0. The predicted octanol–water partition coefficient (Wildman–Crippen LogP) is 2.25. The molecule has 0 saturated carbocycles. The second kappa shape index (κ2) is 7.41. The van der Waals surface area contributed by atoms with Gasteiger partial charge < -0.3 is 0 Å². The zero-order valence-electron chi connectivity index (χ0n) is 10.2. The molecule has 0 aromatic heterocycles. The molecule has 18 heavy (non-hydrogen) atoms. The van der Waals surface area contributed by atoms with E-state index in [1.165, 1.54) is 24.3 Å². The van der Waals surface area contributed by atoms with Gasteiger partial charge in [0.2, 0.25) is 0 Å². The van der Waals surface area contributed by atoms with Gasteiger partial charge in [-0.25, -0.2) is 14.3 Å². The van der Waals surface area contributed by atoms with Crippen molar-refractivity contribution in [2.24, 2.45) is 0 Å². The smallest absolute Gasteiger partial charge is 0.298 e. The molecule has 0 saturated heterocycles. The molecule has 0 fully saturated rings. The van der Waals surface area contributed by atoms with E-state index in [1.54, 1.807) is 13.8 Å². The zero-order valence-corrected chi connectivity index (χ0v) is 11.1. The molecular formula is C11H15O6P. The van der Waals surface area contributed by atoms with E-state index in [0.717, 1.165) is 0 Å². The molecule has 6 nitrogen and oxygen atoms in total. The molecule has 0 amide bonds. The van der Waals surface area contributed by atoms with E-state index >= 15 is 0 Å². The first-order valence-electron chi connectivity index (χ1n) is 5.44. The molecule has 0 heterocycles. The van der Waals surface area contributed by atoms with Crippen molar-refractivity contribution < 1.29 is 28.5 Å². The third-order valence-corrected chi connectivity index (χ3v) is 3.42. The van der Waals surface area contributed by atoms with Gasteiger partial charge in [-0.05, 0) is 26.0 Å². The maximum atomic E-state index is 12.3. The Hall–Kier alpha value is -1.04. The highest BCUT2D eigenvalue weighted by atomic mass is 31.2. The maximum absolute atomic E-state index is 12.3. The van der Waals surface area contributed by atoms with Gasteiger partial charge >= 0.3 is 7.60 Å². The Morgan fingerprint density at radius 1 is 1.06 bits per heavy atom. The number of carbonyl (C=O) groups is 1. The van der Waals surface area contributed by atoms with Gasteiger partial charge in [-0.3, -0.25) is 4.79 Å². The average molecular weight is 274 g/mol. The highest BCUT2D eigenvalue weighted by molar-refractivity contribution is 7.61. The SMILES string of the molecule is CCOOP(=O)(OOCC)c1ccc(C=O)cc1. The van der Waals surface area contributed by atoms with E-state index in [9.17, 15) is 9.36 Å². The number of benzene rings is 1. The van der Waals surface area contributed by atoms with Crippen LogP contribution in [-0.4, -0.2) is 19.5 Å². The Bertz CT molecular complexity index is 404. The first-order valence-corrected chi connectivity index (χ1v) is 6.98. The molecule has 0 bridgehead atoms. The van der Waals surface area contributed by atoms with E-state index in [1.807, 2.05) is 0 Å². The molecule has 0 atom stereocenters. The van der Waals surface area contributed by atoms with Crippen molar-refractivity contribution in [3.8, 4) is 0 Å². The fraction of sp³-hybridized carbons (Fsp3) is 0.364. The number of hydrogen-bond donors (Lipinski definition) is 0. The summed E-state index contributed by atoms with van der Waals surface area (Å²) >= 11 is 0. The topological polar surface area (TPSA) is 71.1 Å². The molecule has 0 aliphatic rings. The lowest BCUT2D eigenvalue weighted by Gasteiger charge is -2.15. The Balaban J connectivity index is 2.92. The first-order chi connectivity index (χ1) is 8.66. The van der Waals surface area contributed by atoms with Gasteiger partial charge in [-0.1, -0.05) is 12.1 Å². The lowest BCUT2D eigenvalue weighted by molar-refractivity contribution is -0.260. The lowest BCUT2D eigenvalue weighted by atomic mass is 10.2. The normalized spacial score (nSPS) is 11.4. The van der Waals surface area contributed by atoms with Crippen LogP contribution >= 0.6 is 7.60 Å². The lowest BCUT2D eigenvalue weighted by Crippen LogP contribution is -2.11. The summed E-state index contributed by atoms with van der Waals surface area (Å²) in [5.41, 5.74) is 0.457. The van der Waals surface area contributed by atoms with Gasteiger partial charge in [0.25, 0.3) is 0 Å². The van der Waals surface area contributed by atoms with Crippen LogP contribution in [0.4, 0.5) is 0 Å². The van der Waals surface area contributed by atoms with Crippen LogP contribution in [-0.2, 0) is 23.7 Å². The van der Waals surface area contributed by atoms with E-state index < -0.39 is 7.60 Å². The van der Waals surface area contributed by atoms with Crippen LogP contribution in [0.2, 0.25) is 0 Å². The fourth-order valence-electron chi connectivity index (χ4n) is 1.08. The van der Waals surface area contributed by atoms with Gasteiger partial charge in [-0.15, -0.1) is 9.35 Å². The molecular weight excluding hydrogens is 259 g/mol. The Morgan fingerprint density at radius 2 is 1.56 bits per heavy atom. The van der Waals surface area contributed by atoms with Crippen molar-refractivity contribution in [1.82, 2.24) is 0 Å². The standard InChI is InChI=1S/C11H15O6P/c1-3-14-16-18(13,17-15-4-2)11-7-5-10(9-12)6-8-11/h5-9H,3-4H2,1-2H3. The Kier molecular flexibility index (Phi) is 6.18. The van der Waals surface area contributed by atoms with Crippen LogP contribution in [0.5, 0.6) is 0 Å². The van der Waals surface area contributed by atoms with Crippen molar-refractivity contribution in [2.75, 3.05) is 13.2 Å². The third-order valence-electron chi connectivity index (χ3n) is 1.88. The van der Waals surface area contributed by atoms with Crippen molar-refractivity contribution in [3.05, 3.63) is 29.8 Å². The second-order valence-electron chi connectivity index (χ2n) is 3.17. The monoisotopic (exact) mass is 274 g/mol. The molecule has 7 heteroatoms. The molecule has 0 aliphatic heterocycles. The van der Waals surface area contributed by atoms with E-state index in [4.69, 9.17) is 9.35 Å². The van der Waals surface area contributed by atoms with Crippen LogP contribution in [0.15, 0.2) is 24.3 Å². The second-order valence-corrected chi connectivity index (χ2v) is 4.98. The highest BCUT2D eigenvalue weighted by Gasteiger charge is 2.30. The van der Waals surface area contributed by atoms with Crippen LogP contribution in [0.3, 0.4) is 0 Å². The summed E-state index contributed by atoms with van der Waals surface area (Å²) in [6.45, 7) is 3.79. The predicted molar refractivity (Wildman–Crippen MR) is 64.5 cm³/mol. The summed E-state index contributed by atoms with van der Waals surface area (Å²) in [4.78, 5) is 19.9. The van der Waals surface area contributed by atoms with Crippen LogP contribution in [0.1, 0.15) is 24.2 Å². The summed E-state index contributed by atoms with van der Waals surface area (Å²) in [6, 6.07) is 5.92. The van der Waals surface area contributed by atoms with Gasteiger partial charge in [-0.2, -0.15) is 0 Å². The van der Waals surface area contributed by atoms with Crippen molar-refractivity contribution >= 4 is 19.2 Å². The van der Waals surface area contributed by atoms with Crippen LogP contribution in [0.25, 0.3) is 0 Å². The van der Waals surface area contributed by atoms with Gasteiger partial charge in [0.15, 0.2) is 0 Å². The molecule has 1 rings (SSSR count). The van der Waals surface area contributed by atoms with E-state index in [2.05, 4.69) is 9.78 Å². The first kappa shape index (κ1) is 15.0. The third kappa shape index (κ3) is 4.01. The average Bonchev–Trinajstić information content (AvgIpc) is 2.43. The molecule has 0 spiro atoms.